The Hall–Kier alpha value is -3.20. The summed E-state index contributed by atoms with van der Waals surface area (Å²) in [6.07, 6.45) is 1.91. The predicted octanol–water partition coefficient (Wildman–Crippen LogP) is 2.39. The fraction of sp³-hybridized carbons (Fsp3) is 0.520. The Balaban J connectivity index is 1.31. The molecule has 2 saturated heterocycles. The average molecular weight is 467 g/mol. The summed E-state index contributed by atoms with van der Waals surface area (Å²) in [4.78, 5) is 31.3. The first kappa shape index (κ1) is 23.9. The van der Waals surface area contributed by atoms with E-state index in [1.807, 2.05) is 61.2 Å². The standard InChI is InChI=1S/C25H34N6O3/c1-19(2)26-25(33)31(17-21-9-6-16-34-21)18-24(32)30-14-12-29(13-15-30)23-11-10-22(27-28-23)20-7-4-3-5-8-20/h3-5,7-8,10-11,19,21H,6,9,12-18H2,1-2H3,(H,26,33)/t21-/m0/s1. The molecule has 0 saturated carbocycles. The van der Waals surface area contributed by atoms with Crippen molar-refractivity contribution in [3.8, 4) is 11.3 Å². The number of nitrogens with zero attached hydrogens (tertiary/aromatic N) is 5. The minimum absolute atomic E-state index is 0.00000768. The highest BCUT2D eigenvalue weighted by molar-refractivity contribution is 5.84. The van der Waals surface area contributed by atoms with E-state index in [2.05, 4.69) is 20.4 Å². The van der Waals surface area contributed by atoms with E-state index in [-0.39, 0.29) is 30.6 Å². The van der Waals surface area contributed by atoms with Crippen LogP contribution >= 0.6 is 0 Å². The van der Waals surface area contributed by atoms with Gasteiger partial charge in [-0.25, -0.2) is 4.79 Å². The summed E-state index contributed by atoms with van der Waals surface area (Å²) >= 11 is 0. The third-order valence-corrected chi connectivity index (χ3v) is 6.15. The first-order valence-electron chi connectivity index (χ1n) is 12.1. The molecular weight excluding hydrogens is 432 g/mol. The van der Waals surface area contributed by atoms with Gasteiger partial charge in [0.05, 0.1) is 11.8 Å². The maximum Gasteiger partial charge on any atom is 0.318 e. The Kier molecular flexibility index (Phi) is 7.95. The van der Waals surface area contributed by atoms with Gasteiger partial charge < -0.3 is 24.8 Å². The fourth-order valence-electron chi connectivity index (χ4n) is 4.30. The molecule has 0 unspecified atom stereocenters. The van der Waals surface area contributed by atoms with E-state index in [4.69, 9.17) is 4.74 Å². The van der Waals surface area contributed by atoms with Crippen LogP contribution in [0.4, 0.5) is 10.6 Å². The van der Waals surface area contributed by atoms with Crippen molar-refractivity contribution in [3.05, 3.63) is 42.5 Å². The van der Waals surface area contributed by atoms with Gasteiger partial charge in [0.25, 0.3) is 0 Å². The van der Waals surface area contributed by atoms with Crippen LogP contribution in [0.15, 0.2) is 42.5 Å². The third-order valence-electron chi connectivity index (χ3n) is 6.15. The van der Waals surface area contributed by atoms with E-state index < -0.39 is 0 Å². The highest BCUT2D eigenvalue weighted by Gasteiger charge is 2.28. The van der Waals surface area contributed by atoms with E-state index in [0.717, 1.165) is 36.5 Å². The van der Waals surface area contributed by atoms with Crippen LogP contribution in [0, 0.1) is 0 Å². The molecule has 0 bridgehead atoms. The molecular formula is C25H34N6O3. The zero-order valence-electron chi connectivity index (χ0n) is 20.0. The molecule has 1 aromatic carbocycles. The van der Waals surface area contributed by atoms with E-state index in [1.165, 1.54) is 0 Å². The third kappa shape index (κ3) is 6.22. The molecule has 1 N–H and O–H groups in total. The van der Waals surface area contributed by atoms with Gasteiger partial charge in [-0.2, -0.15) is 0 Å². The Bertz CT molecular complexity index is 939. The van der Waals surface area contributed by atoms with Crippen molar-refractivity contribution in [2.45, 2.75) is 38.8 Å². The number of aromatic nitrogens is 2. The first-order chi connectivity index (χ1) is 16.5. The number of carbonyl (C=O) groups is 2. The number of hydrogen-bond donors (Lipinski definition) is 1. The molecule has 4 rings (SSSR count). The van der Waals surface area contributed by atoms with Crippen molar-refractivity contribution in [3.63, 3.8) is 0 Å². The van der Waals surface area contributed by atoms with Gasteiger partial charge >= 0.3 is 6.03 Å². The Labute approximate surface area is 201 Å². The lowest BCUT2D eigenvalue weighted by Crippen LogP contribution is -2.54. The van der Waals surface area contributed by atoms with Crippen LogP contribution in [0.5, 0.6) is 0 Å². The van der Waals surface area contributed by atoms with Crippen LogP contribution in [0.1, 0.15) is 26.7 Å². The zero-order chi connectivity index (χ0) is 23.9. The first-order valence-corrected chi connectivity index (χ1v) is 12.1. The quantitative estimate of drug-likeness (QED) is 0.674. The topological polar surface area (TPSA) is 90.9 Å². The predicted molar refractivity (Wildman–Crippen MR) is 130 cm³/mol. The summed E-state index contributed by atoms with van der Waals surface area (Å²) in [7, 11) is 0. The van der Waals surface area contributed by atoms with Gasteiger partial charge in [-0.3, -0.25) is 4.79 Å². The molecule has 1 aromatic heterocycles. The molecule has 9 heteroatoms. The number of ether oxygens (including phenoxy) is 1. The lowest BCUT2D eigenvalue weighted by atomic mass is 10.1. The van der Waals surface area contributed by atoms with Gasteiger partial charge in [0.2, 0.25) is 5.91 Å². The fourth-order valence-corrected chi connectivity index (χ4v) is 4.30. The van der Waals surface area contributed by atoms with Gasteiger partial charge in [0, 0.05) is 50.9 Å². The average Bonchev–Trinajstić information content (AvgIpc) is 3.37. The summed E-state index contributed by atoms with van der Waals surface area (Å²) in [5.74, 6) is 0.769. The number of urea groups is 1. The molecule has 0 aliphatic carbocycles. The van der Waals surface area contributed by atoms with Gasteiger partial charge in [-0.1, -0.05) is 30.3 Å². The highest BCUT2D eigenvalue weighted by atomic mass is 16.5. The SMILES string of the molecule is CC(C)NC(=O)N(CC(=O)N1CCN(c2ccc(-c3ccccc3)nn2)CC1)C[C@@H]1CCCO1. The zero-order valence-corrected chi connectivity index (χ0v) is 20.0. The van der Waals surface area contributed by atoms with Crippen LogP contribution in [0.25, 0.3) is 11.3 Å². The van der Waals surface area contributed by atoms with Gasteiger partial charge in [0.15, 0.2) is 5.82 Å². The minimum Gasteiger partial charge on any atom is -0.376 e. The number of hydrogen-bond acceptors (Lipinski definition) is 6. The second-order valence-electron chi connectivity index (χ2n) is 9.13. The summed E-state index contributed by atoms with van der Waals surface area (Å²) in [6.45, 7) is 7.56. The van der Waals surface area contributed by atoms with Crippen molar-refractivity contribution in [1.29, 1.82) is 0 Å². The number of rotatable bonds is 7. The Morgan fingerprint density at radius 1 is 1.09 bits per heavy atom. The second-order valence-corrected chi connectivity index (χ2v) is 9.13. The van der Waals surface area contributed by atoms with Crippen LogP contribution in [-0.4, -0.2) is 90.0 Å². The summed E-state index contributed by atoms with van der Waals surface area (Å²) in [5, 5.41) is 11.7. The highest BCUT2D eigenvalue weighted by Crippen LogP contribution is 2.19. The van der Waals surface area contributed by atoms with Crippen LogP contribution < -0.4 is 10.2 Å². The van der Waals surface area contributed by atoms with Crippen LogP contribution in [0.2, 0.25) is 0 Å². The van der Waals surface area contributed by atoms with Crippen molar-refractivity contribution in [1.82, 2.24) is 25.3 Å². The molecule has 1 atom stereocenters. The van der Waals surface area contributed by atoms with E-state index >= 15 is 0 Å². The number of amides is 3. The Morgan fingerprint density at radius 3 is 2.47 bits per heavy atom. The lowest BCUT2D eigenvalue weighted by molar-refractivity contribution is -0.132. The van der Waals surface area contributed by atoms with Gasteiger partial charge in [-0.05, 0) is 38.8 Å². The molecule has 9 nitrogen and oxygen atoms in total. The van der Waals surface area contributed by atoms with Gasteiger partial charge in [-0.15, -0.1) is 10.2 Å². The van der Waals surface area contributed by atoms with E-state index in [1.54, 1.807) is 4.90 Å². The van der Waals surface area contributed by atoms with Crippen molar-refractivity contribution in [2.75, 3.05) is 50.8 Å². The van der Waals surface area contributed by atoms with Gasteiger partial charge in [0.1, 0.15) is 6.54 Å². The molecule has 2 fully saturated rings. The molecule has 2 aliphatic rings. The smallest absolute Gasteiger partial charge is 0.318 e. The number of piperazine rings is 1. The van der Waals surface area contributed by atoms with Crippen molar-refractivity contribution >= 4 is 17.8 Å². The van der Waals surface area contributed by atoms with Crippen molar-refractivity contribution in [2.24, 2.45) is 0 Å². The molecule has 34 heavy (non-hydrogen) atoms. The van der Waals surface area contributed by atoms with E-state index in [0.29, 0.717) is 32.7 Å². The summed E-state index contributed by atoms with van der Waals surface area (Å²) < 4.78 is 5.70. The molecule has 0 spiro atoms. The molecule has 2 aromatic rings. The minimum atomic E-state index is -0.216. The Morgan fingerprint density at radius 2 is 1.85 bits per heavy atom. The normalized spacial score (nSPS) is 18.3. The maximum absolute atomic E-state index is 13.0. The molecule has 182 valence electrons. The summed E-state index contributed by atoms with van der Waals surface area (Å²) in [5.41, 5.74) is 1.87. The van der Waals surface area contributed by atoms with Crippen molar-refractivity contribution < 1.29 is 14.3 Å². The maximum atomic E-state index is 13.0. The molecule has 0 radical (unpaired) electrons. The van der Waals surface area contributed by atoms with Crippen LogP contribution in [0.3, 0.4) is 0 Å². The number of anilines is 1. The van der Waals surface area contributed by atoms with E-state index in [9.17, 15) is 9.59 Å². The number of nitrogens with one attached hydrogen (secondary N) is 1. The summed E-state index contributed by atoms with van der Waals surface area (Å²) in [6, 6.07) is 13.7. The largest absolute Gasteiger partial charge is 0.376 e. The number of carbonyl (C=O) groups excluding carboxylic acids is 2. The molecule has 3 amide bonds. The molecule has 3 heterocycles. The number of benzene rings is 1. The second kappa shape index (κ2) is 11.3. The molecule has 2 aliphatic heterocycles. The van der Waals surface area contributed by atoms with Crippen LogP contribution in [-0.2, 0) is 9.53 Å². The lowest BCUT2D eigenvalue weighted by Gasteiger charge is -2.36. The monoisotopic (exact) mass is 466 g/mol.